The number of hydrogen-bond acceptors (Lipinski definition) is 0. The van der Waals surface area contributed by atoms with Gasteiger partial charge in [0.1, 0.15) is 0 Å². The summed E-state index contributed by atoms with van der Waals surface area (Å²) in [4.78, 5) is 0. The quantitative estimate of drug-likeness (QED) is 0.675. The van der Waals surface area contributed by atoms with Gasteiger partial charge in [-0.1, -0.05) is 37.6 Å². The molecule has 0 fully saturated rings. The van der Waals surface area contributed by atoms with Gasteiger partial charge in [0.2, 0.25) is 0 Å². The highest BCUT2D eigenvalue weighted by Gasteiger charge is 1.94. The Morgan fingerprint density at radius 1 is 1.00 bits per heavy atom. The van der Waals surface area contributed by atoms with Gasteiger partial charge in [-0.25, -0.2) is 0 Å². The smallest absolute Gasteiger partial charge is 0.0276 e. The van der Waals surface area contributed by atoms with Gasteiger partial charge in [-0.05, 0) is 30.9 Å². The molecule has 0 aliphatic heterocycles. The van der Waals surface area contributed by atoms with Crippen molar-refractivity contribution in [1.29, 1.82) is 0 Å². The van der Waals surface area contributed by atoms with Gasteiger partial charge in [0.15, 0.2) is 0 Å². The Bertz CT molecular complexity index is 224. The molecule has 1 rings (SSSR count). The summed E-state index contributed by atoms with van der Waals surface area (Å²) in [7, 11) is 0. The van der Waals surface area contributed by atoms with E-state index in [-0.39, 0.29) is 50.9 Å². The van der Waals surface area contributed by atoms with Crippen LogP contribution >= 0.6 is 50.9 Å². The van der Waals surface area contributed by atoms with Crippen LogP contribution in [0.1, 0.15) is 30.9 Å². The largest absolute Gasteiger partial charge is 0.114 e. The third kappa shape index (κ3) is 7.02. The number of benzene rings is 1. The van der Waals surface area contributed by atoms with Crippen molar-refractivity contribution in [2.75, 3.05) is 0 Å². The molecule has 0 radical (unpaired) electrons. The Balaban J connectivity index is -0.000000403. The fourth-order valence-corrected chi connectivity index (χ4v) is 1.26. The third-order valence-corrected chi connectivity index (χ3v) is 2.06. The van der Waals surface area contributed by atoms with Gasteiger partial charge >= 0.3 is 0 Å². The average molecular weight is 391 g/mol. The van der Waals surface area contributed by atoms with Crippen LogP contribution in [0.15, 0.2) is 24.3 Å². The zero-order valence-electron chi connectivity index (χ0n) is 8.66. The normalized spacial score (nSPS) is 7.86. The van der Waals surface area contributed by atoms with Gasteiger partial charge < -0.3 is 0 Å². The first-order valence-corrected chi connectivity index (χ1v) is 4.39. The molecular formula is C11H19Br3. The van der Waals surface area contributed by atoms with E-state index in [2.05, 4.69) is 38.1 Å². The van der Waals surface area contributed by atoms with Crippen LogP contribution in [0.25, 0.3) is 0 Å². The lowest BCUT2D eigenvalue weighted by molar-refractivity contribution is 0.791. The molecule has 0 saturated carbocycles. The lowest BCUT2D eigenvalue weighted by atomic mass is 10.0. The monoisotopic (exact) mass is 388 g/mol. The van der Waals surface area contributed by atoms with Crippen LogP contribution in [0.5, 0.6) is 0 Å². The summed E-state index contributed by atoms with van der Waals surface area (Å²) in [5.41, 5.74) is 2.94. The first kappa shape index (κ1) is 20.1. The molecule has 1 aromatic rings. The SMILES string of the molecule is Br.Br.Br.CCCCc1ccccc1C. The van der Waals surface area contributed by atoms with E-state index in [1.807, 2.05) is 0 Å². The van der Waals surface area contributed by atoms with Crippen LogP contribution < -0.4 is 0 Å². The highest BCUT2D eigenvalue weighted by Crippen LogP contribution is 2.09. The Kier molecular flexibility index (Phi) is 16.9. The number of hydrogen-bond donors (Lipinski definition) is 0. The maximum absolute atomic E-state index is 2.23. The predicted octanol–water partition coefficient (Wildman–Crippen LogP) is 5.07. The lowest BCUT2D eigenvalue weighted by Crippen LogP contribution is -1.87. The van der Waals surface area contributed by atoms with E-state index in [0.29, 0.717) is 0 Å². The van der Waals surface area contributed by atoms with Crippen LogP contribution in [0.2, 0.25) is 0 Å². The molecule has 0 aliphatic carbocycles. The molecule has 0 heterocycles. The van der Waals surface area contributed by atoms with Gasteiger partial charge in [0.25, 0.3) is 0 Å². The molecular weight excluding hydrogens is 372 g/mol. The second kappa shape index (κ2) is 11.7. The maximum atomic E-state index is 2.23. The molecule has 0 amide bonds. The number of aryl methyl sites for hydroxylation is 2. The number of rotatable bonds is 3. The Hall–Kier alpha value is 0.660. The maximum Gasteiger partial charge on any atom is -0.0276 e. The summed E-state index contributed by atoms with van der Waals surface area (Å²) in [5.74, 6) is 0. The van der Waals surface area contributed by atoms with Crippen molar-refractivity contribution in [3.63, 3.8) is 0 Å². The summed E-state index contributed by atoms with van der Waals surface area (Å²) in [6, 6.07) is 8.64. The average Bonchev–Trinajstić information content (AvgIpc) is 2.03. The van der Waals surface area contributed by atoms with Gasteiger partial charge in [-0.2, -0.15) is 0 Å². The molecule has 0 aliphatic rings. The van der Waals surface area contributed by atoms with Crippen LogP contribution in [-0.4, -0.2) is 0 Å². The van der Waals surface area contributed by atoms with Crippen molar-refractivity contribution >= 4 is 50.9 Å². The topological polar surface area (TPSA) is 0 Å². The standard InChI is InChI=1S/C11H16.3BrH/c1-3-4-8-11-9-6-5-7-10(11)2;;;/h5-7,9H,3-4,8H2,1-2H3;3*1H. The first-order chi connectivity index (χ1) is 5.34. The summed E-state index contributed by atoms with van der Waals surface area (Å²) in [5, 5.41) is 0. The summed E-state index contributed by atoms with van der Waals surface area (Å²) >= 11 is 0. The van der Waals surface area contributed by atoms with Gasteiger partial charge in [0.05, 0.1) is 0 Å². The molecule has 1 aromatic carbocycles. The van der Waals surface area contributed by atoms with E-state index in [9.17, 15) is 0 Å². The van der Waals surface area contributed by atoms with E-state index in [4.69, 9.17) is 0 Å². The number of halogens is 3. The fraction of sp³-hybridized carbons (Fsp3) is 0.455. The molecule has 0 spiro atoms. The second-order valence-corrected chi connectivity index (χ2v) is 3.03. The highest BCUT2D eigenvalue weighted by molar-refractivity contribution is 8.93. The van der Waals surface area contributed by atoms with E-state index in [1.54, 1.807) is 0 Å². The van der Waals surface area contributed by atoms with Gasteiger partial charge in [-0.3, -0.25) is 0 Å². The summed E-state index contributed by atoms with van der Waals surface area (Å²) < 4.78 is 0. The predicted molar refractivity (Wildman–Crippen MR) is 80.8 cm³/mol. The highest BCUT2D eigenvalue weighted by atomic mass is 79.9. The second-order valence-electron chi connectivity index (χ2n) is 3.03. The minimum Gasteiger partial charge on any atom is -0.114 e. The van der Waals surface area contributed by atoms with Crippen LogP contribution in [-0.2, 0) is 6.42 Å². The Morgan fingerprint density at radius 2 is 1.57 bits per heavy atom. The van der Waals surface area contributed by atoms with Crippen molar-refractivity contribution in [3.05, 3.63) is 35.4 Å². The zero-order chi connectivity index (χ0) is 8.10. The van der Waals surface area contributed by atoms with E-state index < -0.39 is 0 Å². The minimum absolute atomic E-state index is 0. The van der Waals surface area contributed by atoms with E-state index in [1.165, 1.54) is 30.4 Å². The lowest BCUT2D eigenvalue weighted by Gasteiger charge is -2.02. The van der Waals surface area contributed by atoms with Crippen molar-refractivity contribution in [1.82, 2.24) is 0 Å². The third-order valence-electron chi connectivity index (χ3n) is 2.06. The molecule has 84 valence electrons. The molecule has 0 saturated heterocycles. The molecule has 0 bridgehead atoms. The summed E-state index contributed by atoms with van der Waals surface area (Å²) in [6.07, 6.45) is 3.84. The first-order valence-electron chi connectivity index (χ1n) is 4.39. The molecule has 0 atom stereocenters. The molecule has 0 unspecified atom stereocenters. The Morgan fingerprint density at radius 3 is 2.07 bits per heavy atom. The summed E-state index contributed by atoms with van der Waals surface area (Å²) in [6.45, 7) is 4.42. The molecule has 0 nitrogen and oxygen atoms in total. The molecule has 0 N–H and O–H groups in total. The number of unbranched alkanes of at least 4 members (excludes halogenated alkanes) is 1. The van der Waals surface area contributed by atoms with E-state index >= 15 is 0 Å². The molecule has 3 heteroatoms. The fourth-order valence-electron chi connectivity index (χ4n) is 1.26. The molecule has 0 aromatic heterocycles. The Labute approximate surface area is 119 Å². The van der Waals surface area contributed by atoms with Crippen molar-refractivity contribution in [3.8, 4) is 0 Å². The van der Waals surface area contributed by atoms with Crippen molar-refractivity contribution < 1.29 is 0 Å². The van der Waals surface area contributed by atoms with Crippen molar-refractivity contribution in [2.45, 2.75) is 33.1 Å². The van der Waals surface area contributed by atoms with Crippen LogP contribution in [0, 0.1) is 6.92 Å². The minimum atomic E-state index is 0. The van der Waals surface area contributed by atoms with Crippen LogP contribution in [0.4, 0.5) is 0 Å². The van der Waals surface area contributed by atoms with Crippen LogP contribution in [0.3, 0.4) is 0 Å². The zero-order valence-corrected chi connectivity index (χ0v) is 13.8. The van der Waals surface area contributed by atoms with Crippen molar-refractivity contribution in [2.24, 2.45) is 0 Å². The van der Waals surface area contributed by atoms with Gasteiger partial charge in [0, 0.05) is 0 Å². The van der Waals surface area contributed by atoms with Gasteiger partial charge in [-0.15, -0.1) is 50.9 Å². The van der Waals surface area contributed by atoms with E-state index in [0.717, 1.165) is 0 Å². The molecule has 14 heavy (non-hydrogen) atoms.